The molecule has 0 spiro atoms. The summed E-state index contributed by atoms with van der Waals surface area (Å²) in [5.74, 6) is -1.03. The summed E-state index contributed by atoms with van der Waals surface area (Å²) in [6.07, 6.45) is 4.03. The van der Waals surface area contributed by atoms with Crippen LogP contribution >= 0.6 is 11.3 Å². The molecule has 0 aliphatic carbocycles. The number of nitrogens with one attached hydrogen (secondary N) is 2. The number of carboxylic acid groups (broad SMARTS) is 1. The van der Waals surface area contributed by atoms with Gasteiger partial charge in [0, 0.05) is 28.7 Å². The molecule has 2 aliphatic rings. The lowest BCUT2D eigenvalue weighted by molar-refractivity contribution is -0.142. The highest BCUT2D eigenvalue weighted by Crippen LogP contribution is 2.34. The van der Waals surface area contributed by atoms with Crippen molar-refractivity contribution in [2.45, 2.75) is 41.6 Å². The Bertz CT molecular complexity index is 1870. The van der Waals surface area contributed by atoms with Crippen molar-refractivity contribution in [3.05, 3.63) is 88.9 Å². The standard InChI is InChI=1S/C32H30N4O7S2/c37-29(21-10-13-28-25(17-21)35-30(38)24-5-1-2-7-27(24)45(28,41)42)33-18-23-19-34-31(44-23)20-8-11-22(12-9-20)43-16-4-15-36-14-3-6-26(36)32(39)40/h1-2,5,7-13,17,19,26H,3-4,6,14-16,18H2,(H,33,37)(H,35,38)(H,39,40)/t26-/m1/s1. The van der Waals surface area contributed by atoms with Gasteiger partial charge in [0.15, 0.2) is 0 Å². The summed E-state index contributed by atoms with van der Waals surface area (Å²) in [7, 11) is -3.96. The Balaban J connectivity index is 1.03. The second-order valence-electron chi connectivity index (χ2n) is 10.7. The molecule has 11 nitrogen and oxygen atoms in total. The van der Waals surface area contributed by atoms with Gasteiger partial charge in [-0.2, -0.15) is 0 Å². The predicted molar refractivity (Wildman–Crippen MR) is 167 cm³/mol. The fourth-order valence-electron chi connectivity index (χ4n) is 5.52. The summed E-state index contributed by atoms with van der Waals surface area (Å²) in [4.78, 5) is 44.1. The van der Waals surface area contributed by atoms with E-state index in [1.165, 1.54) is 41.7 Å². The van der Waals surface area contributed by atoms with E-state index in [2.05, 4.69) is 15.6 Å². The maximum atomic E-state index is 13.2. The summed E-state index contributed by atoms with van der Waals surface area (Å²) < 4.78 is 32.2. The molecule has 2 amide bonds. The van der Waals surface area contributed by atoms with E-state index < -0.39 is 33.7 Å². The number of hydrogen-bond donors (Lipinski definition) is 3. The van der Waals surface area contributed by atoms with Crippen molar-refractivity contribution in [2.75, 3.05) is 25.0 Å². The van der Waals surface area contributed by atoms with Gasteiger partial charge in [0.25, 0.3) is 11.8 Å². The number of nitrogens with zero attached hydrogens (tertiary/aromatic N) is 2. The fraction of sp³-hybridized carbons (Fsp3) is 0.250. The van der Waals surface area contributed by atoms with Crippen molar-refractivity contribution in [1.29, 1.82) is 0 Å². The van der Waals surface area contributed by atoms with Crippen molar-refractivity contribution in [3.63, 3.8) is 0 Å². The van der Waals surface area contributed by atoms with Gasteiger partial charge < -0.3 is 20.5 Å². The normalized spacial score (nSPS) is 17.1. The molecule has 232 valence electrons. The molecule has 6 rings (SSSR count). The molecule has 0 unspecified atom stereocenters. The highest BCUT2D eigenvalue weighted by atomic mass is 32.2. The molecule has 4 aromatic rings. The van der Waals surface area contributed by atoms with Crippen LogP contribution < -0.4 is 15.4 Å². The van der Waals surface area contributed by atoms with E-state index in [0.29, 0.717) is 25.3 Å². The van der Waals surface area contributed by atoms with Crippen LogP contribution in [0, 0.1) is 0 Å². The first kappa shape index (κ1) is 30.4. The molecule has 1 atom stereocenters. The average Bonchev–Trinajstić information content (AvgIpc) is 3.71. The van der Waals surface area contributed by atoms with E-state index >= 15 is 0 Å². The van der Waals surface area contributed by atoms with Crippen molar-refractivity contribution in [2.24, 2.45) is 0 Å². The zero-order valence-corrected chi connectivity index (χ0v) is 25.7. The number of hydrogen-bond acceptors (Lipinski definition) is 9. The molecule has 13 heteroatoms. The van der Waals surface area contributed by atoms with Crippen molar-refractivity contribution < 1.29 is 32.6 Å². The summed E-state index contributed by atoms with van der Waals surface area (Å²) in [5.41, 5.74) is 1.20. The largest absolute Gasteiger partial charge is 0.494 e. The molecule has 1 saturated heterocycles. The molecule has 1 aromatic heterocycles. The van der Waals surface area contributed by atoms with E-state index in [0.717, 1.165) is 34.8 Å². The topological polar surface area (TPSA) is 155 Å². The van der Waals surface area contributed by atoms with Gasteiger partial charge in [0.05, 0.1) is 34.2 Å². The van der Waals surface area contributed by atoms with Crippen molar-refractivity contribution in [1.82, 2.24) is 15.2 Å². The minimum Gasteiger partial charge on any atom is -0.494 e. The van der Waals surface area contributed by atoms with Crippen LogP contribution in [-0.2, 0) is 21.2 Å². The lowest BCUT2D eigenvalue weighted by Gasteiger charge is -2.20. The second-order valence-corrected chi connectivity index (χ2v) is 13.7. The van der Waals surface area contributed by atoms with Gasteiger partial charge in [-0.15, -0.1) is 11.3 Å². The highest BCUT2D eigenvalue weighted by molar-refractivity contribution is 7.91. The Hall–Kier alpha value is -4.59. The van der Waals surface area contributed by atoms with Gasteiger partial charge in [-0.05, 0) is 80.4 Å². The zero-order chi connectivity index (χ0) is 31.6. The number of carboxylic acids is 1. The van der Waals surface area contributed by atoms with Gasteiger partial charge in [-0.3, -0.25) is 19.3 Å². The number of carbonyl (C=O) groups is 3. The number of benzene rings is 3. The molecule has 3 aromatic carbocycles. The minimum absolute atomic E-state index is 0.0491. The second kappa shape index (κ2) is 12.8. The van der Waals surface area contributed by atoms with Gasteiger partial charge in [0.1, 0.15) is 16.8 Å². The maximum absolute atomic E-state index is 13.2. The molecular formula is C32H30N4O7S2. The number of amides is 2. The first-order valence-electron chi connectivity index (χ1n) is 14.4. The number of fused-ring (bicyclic) bond motifs is 2. The van der Waals surface area contributed by atoms with Gasteiger partial charge in [0.2, 0.25) is 9.84 Å². The maximum Gasteiger partial charge on any atom is 0.320 e. The predicted octanol–water partition coefficient (Wildman–Crippen LogP) is 4.46. The summed E-state index contributed by atoms with van der Waals surface area (Å²) in [5, 5.41) is 15.5. The number of thiazole rings is 1. The Morgan fingerprint density at radius 1 is 1.09 bits per heavy atom. The number of sulfone groups is 1. The van der Waals surface area contributed by atoms with E-state index in [-0.39, 0.29) is 33.2 Å². The number of anilines is 1. The molecule has 3 heterocycles. The van der Waals surface area contributed by atoms with E-state index in [1.807, 2.05) is 29.2 Å². The third-order valence-electron chi connectivity index (χ3n) is 7.79. The van der Waals surface area contributed by atoms with Crippen LogP contribution in [0.15, 0.2) is 82.7 Å². The summed E-state index contributed by atoms with van der Waals surface area (Å²) in [6, 6.07) is 17.3. The van der Waals surface area contributed by atoms with Crippen molar-refractivity contribution >= 4 is 44.6 Å². The monoisotopic (exact) mass is 646 g/mol. The molecule has 45 heavy (non-hydrogen) atoms. The van der Waals surface area contributed by atoms with Crippen LogP contribution in [0.2, 0.25) is 0 Å². The van der Waals surface area contributed by atoms with Crippen LogP contribution in [0.3, 0.4) is 0 Å². The summed E-state index contributed by atoms with van der Waals surface area (Å²) in [6.45, 7) is 2.20. The first-order chi connectivity index (χ1) is 21.7. The first-order valence-corrected chi connectivity index (χ1v) is 16.7. The van der Waals surface area contributed by atoms with E-state index in [9.17, 15) is 27.9 Å². The number of likely N-dealkylation sites (tertiary alicyclic amines) is 1. The van der Waals surface area contributed by atoms with Crippen LogP contribution in [0.4, 0.5) is 5.69 Å². The Labute approximate surface area is 263 Å². The quantitative estimate of drug-likeness (QED) is 0.212. The average molecular weight is 647 g/mol. The number of rotatable bonds is 10. The zero-order valence-electron chi connectivity index (χ0n) is 24.1. The van der Waals surface area contributed by atoms with E-state index in [1.54, 1.807) is 18.3 Å². The van der Waals surface area contributed by atoms with Crippen LogP contribution in [-0.4, -0.2) is 66.9 Å². The number of aromatic nitrogens is 1. The highest BCUT2D eigenvalue weighted by Gasteiger charge is 2.32. The van der Waals surface area contributed by atoms with Crippen LogP contribution in [0.1, 0.15) is 44.9 Å². The molecule has 0 saturated carbocycles. The van der Waals surface area contributed by atoms with Crippen LogP contribution in [0.25, 0.3) is 10.6 Å². The smallest absolute Gasteiger partial charge is 0.320 e. The third kappa shape index (κ3) is 6.46. The number of aliphatic carboxylic acids is 1. The number of ether oxygens (including phenoxy) is 1. The molecular weight excluding hydrogens is 617 g/mol. The SMILES string of the molecule is O=C(NCc1cnc(-c2ccc(OCCCN3CCC[C@@H]3C(=O)O)cc2)s1)c1ccc2c(c1)NC(=O)c1ccccc1S2(=O)=O. The minimum atomic E-state index is -3.96. The molecule has 0 radical (unpaired) electrons. The molecule has 1 fully saturated rings. The molecule has 3 N–H and O–H groups in total. The summed E-state index contributed by atoms with van der Waals surface area (Å²) >= 11 is 1.43. The Morgan fingerprint density at radius 3 is 2.69 bits per heavy atom. The number of carbonyl (C=O) groups excluding carboxylic acids is 2. The molecule has 2 aliphatic heterocycles. The lowest BCUT2D eigenvalue weighted by atomic mass is 10.1. The third-order valence-corrected chi connectivity index (χ3v) is 10.7. The van der Waals surface area contributed by atoms with Crippen molar-refractivity contribution in [3.8, 4) is 16.3 Å². The Morgan fingerprint density at radius 2 is 1.89 bits per heavy atom. The Kier molecular flexibility index (Phi) is 8.65. The molecule has 0 bridgehead atoms. The van der Waals surface area contributed by atoms with Crippen LogP contribution in [0.5, 0.6) is 5.75 Å². The van der Waals surface area contributed by atoms with Gasteiger partial charge >= 0.3 is 5.97 Å². The fourth-order valence-corrected chi connectivity index (χ4v) is 7.97. The van der Waals surface area contributed by atoms with Gasteiger partial charge in [-0.1, -0.05) is 12.1 Å². The van der Waals surface area contributed by atoms with E-state index in [4.69, 9.17) is 4.74 Å². The van der Waals surface area contributed by atoms with Gasteiger partial charge in [-0.25, -0.2) is 13.4 Å². The lowest BCUT2D eigenvalue weighted by Crippen LogP contribution is -2.36.